The number of nitrogens with one attached hydrogen (secondary N) is 1. The van der Waals surface area contributed by atoms with Crippen LogP contribution in [-0.2, 0) is 6.54 Å². The fraction of sp³-hybridized carbons (Fsp3) is 0.0800. The minimum Gasteiger partial charge on any atom is -0.321 e. The standard InChI is InChI=1S/C25H20N4O/c1-17-9-11-18(12-10-17)16-29-24-14-13-20(15-23(24)27-28-29)25(30)26-22-8-4-6-19-5-2-3-7-21(19)22/h2-15H,16H2,1H3,(H,26,30). The quantitative estimate of drug-likeness (QED) is 0.458. The number of amides is 1. The van der Waals surface area contributed by atoms with Crippen molar-refractivity contribution in [2.75, 3.05) is 5.32 Å². The lowest BCUT2D eigenvalue weighted by atomic mass is 10.1. The summed E-state index contributed by atoms with van der Waals surface area (Å²) in [5.74, 6) is -0.165. The first-order valence-electron chi connectivity index (χ1n) is 9.85. The second kappa shape index (κ2) is 7.44. The van der Waals surface area contributed by atoms with E-state index in [4.69, 9.17) is 0 Å². The number of nitrogens with zero attached hydrogens (tertiary/aromatic N) is 3. The molecule has 0 bridgehead atoms. The van der Waals surface area contributed by atoms with Crippen molar-refractivity contribution in [3.63, 3.8) is 0 Å². The van der Waals surface area contributed by atoms with E-state index in [1.165, 1.54) is 5.56 Å². The van der Waals surface area contributed by atoms with E-state index >= 15 is 0 Å². The van der Waals surface area contributed by atoms with Gasteiger partial charge in [-0.2, -0.15) is 0 Å². The number of aromatic nitrogens is 3. The highest BCUT2D eigenvalue weighted by Crippen LogP contribution is 2.24. The lowest BCUT2D eigenvalue weighted by Crippen LogP contribution is -2.12. The maximum Gasteiger partial charge on any atom is 0.255 e. The van der Waals surface area contributed by atoms with Crippen LogP contribution < -0.4 is 5.32 Å². The molecule has 0 aliphatic rings. The number of rotatable bonds is 4. The maximum atomic E-state index is 12.9. The smallest absolute Gasteiger partial charge is 0.255 e. The topological polar surface area (TPSA) is 59.8 Å². The van der Waals surface area contributed by atoms with Gasteiger partial charge in [0, 0.05) is 16.6 Å². The predicted molar refractivity (Wildman–Crippen MR) is 120 cm³/mol. The summed E-state index contributed by atoms with van der Waals surface area (Å²) in [4.78, 5) is 12.9. The van der Waals surface area contributed by atoms with Crippen LogP contribution in [0.5, 0.6) is 0 Å². The lowest BCUT2D eigenvalue weighted by molar-refractivity contribution is 0.102. The Bertz CT molecular complexity index is 1360. The Kier molecular flexibility index (Phi) is 4.48. The number of hydrogen-bond donors (Lipinski definition) is 1. The third-order valence-electron chi connectivity index (χ3n) is 5.27. The number of carbonyl (C=O) groups excluding carboxylic acids is 1. The summed E-state index contributed by atoms with van der Waals surface area (Å²) in [7, 11) is 0. The van der Waals surface area contributed by atoms with Crippen molar-refractivity contribution in [3.8, 4) is 0 Å². The minimum absolute atomic E-state index is 0.165. The number of fused-ring (bicyclic) bond motifs is 2. The van der Waals surface area contributed by atoms with E-state index in [0.29, 0.717) is 17.6 Å². The number of anilines is 1. The summed E-state index contributed by atoms with van der Waals surface area (Å²) < 4.78 is 1.85. The molecular formula is C25H20N4O. The molecule has 1 amide bonds. The summed E-state index contributed by atoms with van der Waals surface area (Å²) in [5.41, 5.74) is 5.33. The summed E-state index contributed by atoms with van der Waals surface area (Å²) in [5, 5.41) is 13.7. The van der Waals surface area contributed by atoms with E-state index < -0.39 is 0 Å². The molecule has 5 heteroatoms. The first kappa shape index (κ1) is 18.1. The van der Waals surface area contributed by atoms with Gasteiger partial charge in [-0.3, -0.25) is 4.79 Å². The van der Waals surface area contributed by atoms with Gasteiger partial charge in [-0.1, -0.05) is 71.4 Å². The summed E-state index contributed by atoms with van der Waals surface area (Å²) in [6.07, 6.45) is 0. The molecule has 5 aromatic rings. The molecule has 0 saturated heterocycles. The van der Waals surface area contributed by atoms with Gasteiger partial charge in [-0.05, 0) is 42.1 Å². The second-order valence-electron chi connectivity index (χ2n) is 7.42. The Morgan fingerprint density at radius 3 is 2.60 bits per heavy atom. The zero-order valence-corrected chi connectivity index (χ0v) is 16.5. The summed E-state index contributed by atoms with van der Waals surface area (Å²) >= 11 is 0. The van der Waals surface area contributed by atoms with Gasteiger partial charge in [-0.25, -0.2) is 4.68 Å². The third kappa shape index (κ3) is 3.42. The highest BCUT2D eigenvalue weighted by atomic mass is 16.1. The molecule has 5 rings (SSSR count). The van der Waals surface area contributed by atoms with Crippen LogP contribution in [0.15, 0.2) is 84.9 Å². The first-order chi connectivity index (χ1) is 14.7. The van der Waals surface area contributed by atoms with E-state index in [1.807, 2.05) is 59.3 Å². The van der Waals surface area contributed by atoms with Crippen LogP contribution in [-0.4, -0.2) is 20.9 Å². The van der Waals surface area contributed by atoms with Gasteiger partial charge in [0.25, 0.3) is 5.91 Å². The molecule has 0 aliphatic heterocycles. The van der Waals surface area contributed by atoms with Crippen molar-refractivity contribution in [2.24, 2.45) is 0 Å². The van der Waals surface area contributed by atoms with E-state index in [2.05, 4.69) is 46.8 Å². The molecule has 0 radical (unpaired) electrons. The highest BCUT2D eigenvalue weighted by Gasteiger charge is 2.12. The van der Waals surface area contributed by atoms with Gasteiger partial charge in [0.2, 0.25) is 0 Å². The largest absolute Gasteiger partial charge is 0.321 e. The zero-order valence-electron chi connectivity index (χ0n) is 16.5. The van der Waals surface area contributed by atoms with Gasteiger partial charge in [0.15, 0.2) is 0 Å². The van der Waals surface area contributed by atoms with Gasteiger partial charge in [-0.15, -0.1) is 5.10 Å². The Morgan fingerprint density at radius 2 is 1.73 bits per heavy atom. The van der Waals surface area contributed by atoms with Crippen LogP contribution >= 0.6 is 0 Å². The minimum atomic E-state index is -0.165. The Balaban J connectivity index is 1.41. The number of carbonyl (C=O) groups is 1. The van der Waals surface area contributed by atoms with Gasteiger partial charge in [0.05, 0.1) is 12.1 Å². The fourth-order valence-electron chi connectivity index (χ4n) is 3.63. The average molecular weight is 392 g/mol. The van der Waals surface area contributed by atoms with Crippen molar-refractivity contribution in [1.82, 2.24) is 15.0 Å². The number of benzene rings is 4. The van der Waals surface area contributed by atoms with Crippen LogP contribution in [0.25, 0.3) is 21.8 Å². The van der Waals surface area contributed by atoms with E-state index in [9.17, 15) is 4.79 Å². The molecular weight excluding hydrogens is 372 g/mol. The van der Waals surface area contributed by atoms with E-state index in [0.717, 1.165) is 27.5 Å². The second-order valence-corrected chi connectivity index (χ2v) is 7.42. The summed E-state index contributed by atoms with van der Waals surface area (Å²) in [6.45, 7) is 2.71. The molecule has 4 aromatic carbocycles. The monoisotopic (exact) mass is 392 g/mol. The van der Waals surface area contributed by atoms with Crippen LogP contribution in [0.4, 0.5) is 5.69 Å². The van der Waals surface area contributed by atoms with Crippen molar-refractivity contribution >= 4 is 33.4 Å². The van der Waals surface area contributed by atoms with E-state index in [-0.39, 0.29) is 5.91 Å². The number of hydrogen-bond acceptors (Lipinski definition) is 3. The molecule has 30 heavy (non-hydrogen) atoms. The SMILES string of the molecule is Cc1ccc(Cn2nnc3cc(C(=O)Nc4cccc5ccccc45)ccc32)cc1. The summed E-state index contributed by atoms with van der Waals surface area (Å²) in [6, 6.07) is 27.7. The molecule has 0 fully saturated rings. The molecule has 0 spiro atoms. The third-order valence-corrected chi connectivity index (χ3v) is 5.27. The molecule has 0 aliphatic carbocycles. The highest BCUT2D eigenvalue weighted by molar-refractivity contribution is 6.10. The molecule has 1 N–H and O–H groups in total. The molecule has 0 atom stereocenters. The number of aryl methyl sites for hydroxylation is 1. The maximum absolute atomic E-state index is 12.9. The zero-order chi connectivity index (χ0) is 20.5. The Labute approximate surface area is 174 Å². The molecule has 1 aromatic heterocycles. The molecule has 5 nitrogen and oxygen atoms in total. The van der Waals surface area contributed by atoms with Gasteiger partial charge >= 0.3 is 0 Å². The molecule has 0 unspecified atom stereocenters. The predicted octanol–water partition coefficient (Wildman–Crippen LogP) is 5.19. The Hall–Kier alpha value is -3.99. The van der Waals surface area contributed by atoms with E-state index in [1.54, 1.807) is 6.07 Å². The first-order valence-corrected chi connectivity index (χ1v) is 9.85. The van der Waals surface area contributed by atoms with Crippen molar-refractivity contribution < 1.29 is 4.79 Å². The van der Waals surface area contributed by atoms with Crippen LogP contribution in [0, 0.1) is 6.92 Å². The van der Waals surface area contributed by atoms with Crippen molar-refractivity contribution in [2.45, 2.75) is 13.5 Å². The molecule has 1 heterocycles. The fourth-order valence-corrected chi connectivity index (χ4v) is 3.63. The van der Waals surface area contributed by atoms with Crippen molar-refractivity contribution in [1.29, 1.82) is 0 Å². The van der Waals surface area contributed by atoms with Crippen molar-refractivity contribution in [3.05, 3.63) is 102 Å². The van der Waals surface area contributed by atoms with Crippen LogP contribution in [0.3, 0.4) is 0 Å². The van der Waals surface area contributed by atoms with Crippen LogP contribution in [0.1, 0.15) is 21.5 Å². The molecule has 146 valence electrons. The Morgan fingerprint density at radius 1 is 0.933 bits per heavy atom. The lowest BCUT2D eigenvalue weighted by Gasteiger charge is -2.09. The normalized spacial score (nSPS) is 11.1. The van der Waals surface area contributed by atoms with Crippen LogP contribution in [0.2, 0.25) is 0 Å². The average Bonchev–Trinajstić information content (AvgIpc) is 3.17. The molecule has 0 saturated carbocycles. The van der Waals surface area contributed by atoms with Gasteiger partial charge < -0.3 is 5.32 Å². The van der Waals surface area contributed by atoms with Gasteiger partial charge in [0.1, 0.15) is 5.52 Å².